The monoisotopic (exact) mass is 345 g/mol. The maximum Gasteiger partial charge on any atom is 0.294 e. The van der Waals surface area contributed by atoms with Gasteiger partial charge in [-0.25, -0.2) is 0 Å². The molecule has 9 nitrogen and oxygen atoms in total. The SMILES string of the molecule is CC1(CCN)CC2(C)CCCC(C(CO[N+](=O)[O-])O[N+](=O)[O-])(C1)C2. The average molecular weight is 345 g/mol. The van der Waals surface area contributed by atoms with Crippen LogP contribution in [-0.4, -0.2) is 29.4 Å². The van der Waals surface area contributed by atoms with E-state index in [-0.39, 0.29) is 10.8 Å². The van der Waals surface area contributed by atoms with E-state index in [0.717, 1.165) is 38.5 Å². The fourth-order valence-electron chi connectivity index (χ4n) is 5.60. The van der Waals surface area contributed by atoms with Crippen molar-refractivity contribution in [3.63, 3.8) is 0 Å². The third-order valence-corrected chi connectivity index (χ3v) is 5.84. The number of fused-ring (bicyclic) bond motifs is 2. The van der Waals surface area contributed by atoms with Crippen LogP contribution in [0.2, 0.25) is 0 Å². The molecule has 0 aromatic carbocycles. The van der Waals surface area contributed by atoms with Gasteiger partial charge in [0.05, 0.1) is 0 Å². The van der Waals surface area contributed by atoms with Gasteiger partial charge in [0, 0.05) is 0 Å². The number of hydrogen-bond donors (Lipinski definition) is 1. The van der Waals surface area contributed by atoms with E-state index in [9.17, 15) is 20.2 Å². The number of rotatable bonds is 8. The Hall–Kier alpha value is -1.64. The second-order valence-electron chi connectivity index (χ2n) is 8.24. The molecule has 0 aromatic heterocycles. The van der Waals surface area contributed by atoms with E-state index in [0.29, 0.717) is 13.0 Å². The zero-order chi connectivity index (χ0) is 18.0. The Labute approximate surface area is 141 Å². The van der Waals surface area contributed by atoms with E-state index in [2.05, 4.69) is 18.7 Å². The minimum atomic E-state index is -0.935. The molecule has 2 N–H and O–H groups in total. The van der Waals surface area contributed by atoms with Crippen LogP contribution in [0.15, 0.2) is 0 Å². The third kappa shape index (κ3) is 4.06. The first-order valence-corrected chi connectivity index (χ1v) is 8.41. The van der Waals surface area contributed by atoms with E-state index in [1.165, 1.54) is 0 Å². The maximum atomic E-state index is 11.0. The van der Waals surface area contributed by atoms with Crippen LogP contribution in [0.1, 0.15) is 58.8 Å². The summed E-state index contributed by atoms with van der Waals surface area (Å²) >= 11 is 0. The van der Waals surface area contributed by atoms with Crippen LogP contribution < -0.4 is 5.73 Å². The van der Waals surface area contributed by atoms with E-state index < -0.39 is 28.3 Å². The van der Waals surface area contributed by atoms with Crippen molar-refractivity contribution in [1.82, 2.24) is 0 Å². The molecule has 2 bridgehead atoms. The highest BCUT2D eigenvalue weighted by atomic mass is 17.0. The van der Waals surface area contributed by atoms with Crippen molar-refractivity contribution in [3.05, 3.63) is 20.2 Å². The Bertz CT molecular complexity index is 504. The quantitative estimate of drug-likeness (QED) is 0.528. The van der Waals surface area contributed by atoms with Gasteiger partial charge in [-0.05, 0) is 61.3 Å². The van der Waals surface area contributed by atoms with Gasteiger partial charge in [-0.3, -0.25) is 0 Å². The molecule has 4 unspecified atom stereocenters. The number of nitrogens with two attached hydrogens (primary N) is 1. The lowest BCUT2D eigenvalue weighted by Crippen LogP contribution is -2.54. The van der Waals surface area contributed by atoms with Crippen LogP contribution in [0.5, 0.6) is 0 Å². The lowest BCUT2D eigenvalue weighted by atomic mass is 9.47. The molecule has 0 aliphatic heterocycles. The molecular formula is C15H27N3O6. The van der Waals surface area contributed by atoms with Gasteiger partial charge in [-0.15, -0.1) is 20.2 Å². The zero-order valence-electron chi connectivity index (χ0n) is 14.4. The van der Waals surface area contributed by atoms with Crippen molar-refractivity contribution < 1.29 is 19.8 Å². The molecule has 4 atom stereocenters. The van der Waals surface area contributed by atoms with Gasteiger partial charge in [0.15, 0.2) is 0 Å². The van der Waals surface area contributed by atoms with Gasteiger partial charge in [-0.1, -0.05) is 20.3 Å². The minimum Gasteiger partial charge on any atom is -0.330 e. The molecule has 138 valence electrons. The average Bonchev–Trinajstić information content (AvgIpc) is 2.40. The first-order valence-electron chi connectivity index (χ1n) is 8.41. The molecule has 2 aliphatic rings. The van der Waals surface area contributed by atoms with E-state index in [4.69, 9.17) is 10.6 Å². The number of hydrogen-bond acceptors (Lipinski definition) is 7. The standard InChI is InChI=1S/C15H27N3O6/c1-13-4-3-5-15(10-13,11-14(2,9-13)6-7-16)12(24-18(21)22)8-23-17(19)20/h12H,3-11,16H2,1-2H3. The summed E-state index contributed by atoms with van der Waals surface area (Å²) < 4.78 is 0. The van der Waals surface area contributed by atoms with Crippen molar-refractivity contribution in [2.45, 2.75) is 64.9 Å². The Morgan fingerprint density at radius 2 is 1.83 bits per heavy atom. The van der Waals surface area contributed by atoms with Crippen LogP contribution >= 0.6 is 0 Å². The molecule has 0 spiro atoms. The van der Waals surface area contributed by atoms with Gasteiger partial charge in [0.25, 0.3) is 10.2 Å². The van der Waals surface area contributed by atoms with E-state index in [1.807, 2.05) is 0 Å². The molecule has 0 radical (unpaired) electrons. The molecule has 0 amide bonds. The predicted octanol–water partition coefficient (Wildman–Crippen LogP) is 2.49. The summed E-state index contributed by atoms with van der Waals surface area (Å²) in [5, 5.41) is 19.8. The second kappa shape index (κ2) is 6.70. The summed E-state index contributed by atoms with van der Waals surface area (Å²) in [7, 11) is 0. The van der Waals surface area contributed by atoms with Crippen molar-refractivity contribution in [3.8, 4) is 0 Å². The normalized spacial score (nSPS) is 36.6. The zero-order valence-corrected chi connectivity index (χ0v) is 14.4. The summed E-state index contributed by atoms with van der Waals surface area (Å²) in [4.78, 5) is 30.9. The first-order chi connectivity index (χ1) is 11.1. The van der Waals surface area contributed by atoms with Crippen molar-refractivity contribution in [2.75, 3.05) is 13.2 Å². The Morgan fingerprint density at radius 3 is 2.42 bits per heavy atom. The first kappa shape index (κ1) is 18.7. The molecule has 2 rings (SSSR count). The lowest BCUT2D eigenvalue weighted by molar-refractivity contribution is -0.794. The third-order valence-electron chi connectivity index (χ3n) is 5.84. The van der Waals surface area contributed by atoms with Gasteiger partial charge in [-0.2, -0.15) is 0 Å². The summed E-state index contributed by atoms with van der Waals surface area (Å²) in [6.07, 6.45) is 5.12. The van der Waals surface area contributed by atoms with Crippen LogP contribution in [0.4, 0.5) is 0 Å². The largest absolute Gasteiger partial charge is 0.330 e. The number of nitrogens with zero attached hydrogens (tertiary/aromatic N) is 2. The van der Waals surface area contributed by atoms with E-state index in [1.54, 1.807) is 0 Å². The Kier molecular flexibility index (Phi) is 5.22. The van der Waals surface area contributed by atoms with Gasteiger partial charge >= 0.3 is 0 Å². The van der Waals surface area contributed by atoms with Crippen LogP contribution in [-0.2, 0) is 9.68 Å². The molecule has 24 heavy (non-hydrogen) atoms. The van der Waals surface area contributed by atoms with E-state index >= 15 is 0 Å². The Morgan fingerprint density at radius 1 is 1.12 bits per heavy atom. The molecule has 9 heteroatoms. The lowest BCUT2D eigenvalue weighted by Gasteiger charge is -2.59. The highest BCUT2D eigenvalue weighted by molar-refractivity contribution is 5.06. The van der Waals surface area contributed by atoms with Gasteiger partial charge < -0.3 is 15.4 Å². The Balaban J connectivity index is 2.32. The molecule has 0 heterocycles. The summed E-state index contributed by atoms with van der Waals surface area (Å²) in [5.41, 5.74) is 5.30. The molecule has 2 saturated carbocycles. The minimum absolute atomic E-state index is 0.0466. The van der Waals surface area contributed by atoms with Gasteiger partial charge in [0.2, 0.25) is 0 Å². The molecule has 2 aliphatic carbocycles. The van der Waals surface area contributed by atoms with Crippen LogP contribution in [0.25, 0.3) is 0 Å². The maximum absolute atomic E-state index is 11.0. The van der Waals surface area contributed by atoms with Crippen molar-refractivity contribution >= 4 is 0 Å². The van der Waals surface area contributed by atoms with Crippen LogP contribution in [0.3, 0.4) is 0 Å². The fourth-order valence-corrected chi connectivity index (χ4v) is 5.60. The molecule has 2 fully saturated rings. The van der Waals surface area contributed by atoms with Crippen molar-refractivity contribution in [1.29, 1.82) is 0 Å². The smallest absolute Gasteiger partial charge is 0.294 e. The highest BCUT2D eigenvalue weighted by Crippen LogP contribution is 2.63. The predicted molar refractivity (Wildman–Crippen MR) is 84.8 cm³/mol. The summed E-state index contributed by atoms with van der Waals surface area (Å²) in [6, 6.07) is 0. The second-order valence-corrected chi connectivity index (χ2v) is 8.24. The molecular weight excluding hydrogens is 318 g/mol. The summed E-state index contributed by atoms with van der Waals surface area (Å²) in [6.45, 7) is 4.50. The summed E-state index contributed by atoms with van der Waals surface area (Å²) in [5.74, 6) is 0. The van der Waals surface area contributed by atoms with Crippen molar-refractivity contribution in [2.24, 2.45) is 22.0 Å². The topological polar surface area (TPSA) is 131 Å². The molecule has 0 saturated heterocycles. The van der Waals surface area contributed by atoms with Gasteiger partial charge in [0.1, 0.15) is 12.7 Å². The fraction of sp³-hybridized carbons (Fsp3) is 1.00. The van der Waals surface area contributed by atoms with Crippen LogP contribution in [0, 0.1) is 36.5 Å². The highest BCUT2D eigenvalue weighted by Gasteiger charge is 2.56. The molecule has 0 aromatic rings.